The maximum absolute atomic E-state index is 10.5. The highest BCUT2D eigenvalue weighted by molar-refractivity contribution is 7.18. The number of aliphatic hydroxyl groups is 1. The lowest BCUT2D eigenvalue weighted by molar-refractivity contribution is 0.0431. The second-order valence-corrected chi connectivity index (χ2v) is 10.1. The summed E-state index contributed by atoms with van der Waals surface area (Å²) in [7, 11) is 0. The lowest BCUT2D eigenvalue weighted by Crippen LogP contribution is -2.48. The molecule has 1 aliphatic rings. The van der Waals surface area contributed by atoms with Gasteiger partial charge in [-0.05, 0) is 43.3 Å². The van der Waals surface area contributed by atoms with Crippen LogP contribution in [0, 0.1) is 6.92 Å². The Labute approximate surface area is 206 Å². The molecule has 1 saturated heterocycles. The number of halogens is 1. The molecule has 0 saturated carbocycles. The number of aliphatic hydroxyl groups excluding tert-OH is 1. The smallest absolute Gasteiger partial charge is 0.247 e. The monoisotopic (exact) mass is 499 g/mol. The standard InChI is InChI=1S/C24H26ClN5O3S/c1-16-26-21-12-20(6-7-22(21)34-16)32-15-19(31)13-29-8-10-30(11-9-29)14-23-27-28-24(33-23)17-2-4-18(25)5-3-17/h2-7,12,19,31H,8-11,13-15H2,1H3. The molecule has 34 heavy (non-hydrogen) atoms. The van der Waals surface area contributed by atoms with E-state index in [4.69, 9.17) is 20.8 Å². The first-order chi connectivity index (χ1) is 16.5. The Balaban J connectivity index is 1.05. The largest absolute Gasteiger partial charge is 0.491 e. The quantitative estimate of drug-likeness (QED) is 0.391. The zero-order valence-corrected chi connectivity index (χ0v) is 20.4. The second kappa shape index (κ2) is 10.4. The third kappa shape index (κ3) is 5.73. The molecule has 8 nitrogen and oxygen atoms in total. The molecule has 5 rings (SSSR count). The number of thiazole rings is 1. The number of benzene rings is 2. The van der Waals surface area contributed by atoms with Gasteiger partial charge in [-0.25, -0.2) is 4.98 Å². The van der Waals surface area contributed by atoms with Crippen molar-refractivity contribution in [3.8, 4) is 17.2 Å². The third-order valence-electron chi connectivity index (χ3n) is 5.76. The van der Waals surface area contributed by atoms with Crippen molar-refractivity contribution in [2.75, 3.05) is 39.3 Å². The topological polar surface area (TPSA) is 87.8 Å². The molecular weight excluding hydrogens is 474 g/mol. The van der Waals surface area contributed by atoms with Crippen LogP contribution in [0.15, 0.2) is 46.9 Å². The lowest BCUT2D eigenvalue weighted by Gasteiger charge is -2.34. The van der Waals surface area contributed by atoms with Crippen molar-refractivity contribution in [3.63, 3.8) is 0 Å². The maximum atomic E-state index is 10.5. The number of hydrogen-bond acceptors (Lipinski definition) is 9. The molecule has 1 atom stereocenters. The first-order valence-electron chi connectivity index (χ1n) is 11.2. The number of rotatable bonds is 8. The fourth-order valence-corrected chi connectivity index (χ4v) is 4.94. The second-order valence-electron chi connectivity index (χ2n) is 8.41. The summed E-state index contributed by atoms with van der Waals surface area (Å²) in [5, 5.41) is 20.5. The van der Waals surface area contributed by atoms with Crippen molar-refractivity contribution >= 4 is 33.2 Å². The summed E-state index contributed by atoms with van der Waals surface area (Å²) in [4.78, 5) is 9.03. The molecular formula is C24H26ClN5O3S. The molecule has 1 unspecified atom stereocenters. The van der Waals surface area contributed by atoms with Crippen molar-refractivity contribution in [1.29, 1.82) is 0 Å². The van der Waals surface area contributed by atoms with E-state index in [0.29, 0.717) is 29.9 Å². The normalized spacial score (nSPS) is 16.2. The molecule has 10 heteroatoms. The van der Waals surface area contributed by atoms with Gasteiger partial charge in [-0.15, -0.1) is 21.5 Å². The van der Waals surface area contributed by atoms with E-state index in [1.165, 1.54) is 0 Å². The lowest BCUT2D eigenvalue weighted by atomic mass is 10.2. The van der Waals surface area contributed by atoms with Crippen molar-refractivity contribution < 1.29 is 14.3 Å². The molecule has 2 aromatic heterocycles. The predicted octanol–water partition coefficient (Wildman–Crippen LogP) is 3.87. The SMILES string of the molecule is Cc1nc2cc(OCC(O)CN3CCN(Cc4nnc(-c5ccc(Cl)cc5)o4)CC3)ccc2s1. The summed E-state index contributed by atoms with van der Waals surface area (Å²) in [5.41, 5.74) is 1.79. The Morgan fingerprint density at radius 3 is 2.65 bits per heavy atom. The van der Waals surface area contributed by atoms with Gasteiger partial charge < -0.3 is 14.3 Å². The van der Waals surface area contributed by atoms with Crippen LogP contribution in [-0.4, -0.2) is 75.5 Å². The predicted molar refractivity (Wildman–Crippen MR) is 132 cm³/mol. The van der Waals surface area contributed by atoms with E-state index in [1.807, 2.05) is 37.3 Å². The van der Waals surface area contributed by atoms with E-state index in [1.54, 1.807) is 23.5 Å². The van der Waals surface area contributed by atoms with Crippen LogP contribution in [-0.2, 0) is 6.54 Å². The number of fused-ring (bicyclic) bond motifs is 1. The molecule has 0 amide bonds. The average Bonchev–Trinajstić information content (AvgIpc) is 3.44. The number of aromatic nitrogens is 3. The van der Waals surface area contributed by atoms with Gasteiger partial charge in [0.05, 0.1) is 21.8 Å². The molecule has 1 fully saturated rings. The van der Waals surface area contributed by atoms with Gasteiger partial charge in [0.15, 0.2) is 0 Å². The number of hydrogen-bond donors (Lipinski definition) is 1. The molecule has 178 valence electrons. The molecule has 1 aliphatic heterocycles. The van der Waals surface area contributed by atoms with E-state index in [-0.39, 0.29) is 6.61 Å². The molecule has 1 N–H and O–H groups in total. The summed E-state index contributed by atoms with van der Waals surface area (Å²) in [6, 6.07) is 13.2. The fourth-order valence-electron chi connectivity index (χ4n) is 4.00. The van der Waals surface area contributed by atoms with E-state index in [2.05, 4.69) is 25.0 Å². The molecule has 3 heterocycles. The van der Waals surface area contributed by atoms with Crippen molar-refractivity contribution in [2.24, 2.45) is 0 Å². The van der Waals surface area contributed by atoms with E-state index in [0.717, 1.165) is 52.7 Å². The fraction of sp³-hybridized carbons (Fsp3) is 0.375. The van der Waals surface area contributed by atoms with Crippen LogP contribution >= 0.6 is 22.9 Å². The number of aryl methyl sites for hydroxylation is 1. The Morgan fingerprint density at radius 1 is 1.09 bits per heavy atom. The van der Waals surface area contributed by atoms with Crippen LogP contribution in [0.4, 0.5) is 0 Å². The first-order valence-corrected chi connectivity index (χ1v) is 12.4. The highest BCUT2D eigenvalue weighted by Gasteiger charge is 2.21. The van der Waals surface area contributed by atoms with Crippen molar-refractivity contribution in [2.45, 2.75) is 19.6 Å². The average molecular weight is 500 g/mol. The van der Waals surface area contributed by atoms with Gasteiger partial charge in [-0.3, -0.25) is 9.80 Å². The van der Waals surface area contributed by atoms with Crippen LogP contribution < -0.4 is 4.74 Å². The van der Waals surface area contributed by atoms with Crippen LogP contribution in [0.3, 0.4) is 0 Å². The number of piperazine rings is 1. The highest BCUT2D eigenvalue weighted by atomic mass is 35.5. The first kappa shape index (κ1) is 23.2. The van der Waals surface area contributed by atoms with Gasteiger partial charge in [0.1, 0.15) is 18.5 Å². The summed E-state index contributed by atoms with van der Waals surface area (Å²) < 4.78 is 12.8. The zero-order chi connectivity index (χ0) is 23.5. The molecule has 0 spiro atoms. The summed E-state index contributed by atoms with van der Waals surface area (Å²) >= 11 is 7.61. The number of β-amino-alcohol motifs (C(OH)–C–C–N with tert-alkyl or cyclic N) is 1. The Hall–Kier alpha value is -2.56. The van der Waals surface area contributed by atoms with Crippen molar-refractivity contribution in [3.05, 3.63) is 58.4 Å². The van der Waals surface area contributed by atoms with Crippen LogP contribution in [0.25, 0.3) is 21.7 Å². The minimum absolute atomic E-state index is 0.254. The molecule has 4 aromatic rings. The van der Waals surface area contributed by atoms with Gasteiger partial charge in [0.25, 0.3) is 0 Å². The Morgan fingerprint density at radius 2 is 1.85 bits per heavy atom. The van der Waals surface area contributed by atoms with Gasteiger partial charge >= 0.3 is 0 Å². The number of nitrogens with zero attached hydrogens (tertiary/aromatic N) is 5. The van der Waals surface area contributed by atoms with Gasteiger partial charge in [-0.2, -0.15) is 0 Å². The van der Waals surface area contributed by atoms with Crippen molar-refractivity contribution in [1.82, 2.24) is 25.0 Å². The van der Waals surface area contributed by atoms with Gasteiger partial charge in [0.2, 0.25) is 11.8 Å². The van der Waals surface area contributed by atoms with E-state index >= 15 is 0 Å². The molecule has 2 aromatic carbocycles. The van der Waals surface area contributed by atoms with Gasteiger partial charge in [0, 0.05) is 49.4 Å². The van der Waals surface area contributed by atoms with Crippen LogP contribution in [0.5, 0.6) is 5.75 Å². The number of ether oxygens (including phenoxy) is 1. The maximum Gasteiger partial charge on any atom is 0.247 e. The Bertz CT molecular complexity index is 1240. The molecule has 0 radical (unpaired) electrons. The Kier molecular flexibility index (Phi) is 7.07. The van der Waals surface area contributed by atoms with E-state index < -0.39 is 6.10 Å². The minimum atomic E-state index is -0.558. The summed E-state index contributed by atoms with van der Waals surface area (Å²) in [6.45, 7) is 6.89. The van der Waals surface area contributed by atoms with E-state index in [9.17, 15) is 5.11 Å². The molecule has 0 aliphatic carbocycles. The summed E-state index contributed by atoms with van der Waals surface area (Å²) in [5.74, 6) is 1.83. The highest BCUT2D eigenvalue weighted by Crippen LogP contribution is 2.25. The zero-order valence-electron chi connectivity index (χ0n) is 18.9. The third-order valence-corrected chi connectivity index (χ3v) is 6.96. The van der Waals surface area contributed by atoms with Crippen LogP contribution in [0.1, 0.15) is 10.9 Å². The molecule has 0 bridgehead atoms. The minimum Gasteiger partial charge on any atom is -0.491 e. The summed E-state index contributed by atoms with van der Waals surface area (Å²) in [6.07, 6.45) is -0.558. The van der Waals surface area contributed by atoms with Crippen LogP contribution in [0.2, 0.25) is 5.02 Å². The van der Waals surface area contributed by atoms with Gasteiger partial charge in [-0.1, -0.05) is 11.6 Å².